The van der Waals surface area contributed by atoms with Gasteiger partial charge in [-0.1, -0.05) is 24.3 Å². The van der Waals surface area contributed by atoms with Crippen molar-refractivity contribution in [3.8, 4) is 0 Å². The number of nitrogens with one attached hydrogen (secondary N) is 1. The number of halogens is 1. The van der Waals surface area contributed by atoms with Gasteiger partial charge in [-0.15, -0.1) is 11.6 Å². The molecular weight excluding hydrogens is 262 g/mol. The first-order valence-corrected chi connectivity index (χ1v) is 6.60. The highest BCUT2D eigenvalue weighted by atomic mass is 35.5. The van der Waals surface area contributed by atoms with Crippen LogP contribution in [-0.2, 0) is 13.5 Å². The molecule has 19 heavy (non-hydrogen) atoms. The molecular formula is C14H14ClN3O. The first kappa shape index (κ1) is 12.2. The summed E-state index contributed by atoms with van der Waals surface area (Å²) in [4.78, 5) is 12.1. The van der Waals surface area contributed by atoms with E-state index in [-0.39, 0.29) is 17.3 Å². The minimum Gasteiger partial charge on any atom is -0.344 e. The average molecular weight is 276 g/mol. The number of alkyl halides is 1. The zero-order chi connectivity index (χ0) is 13.4. The molecule has 0 saturated heterocycles. The molecule has 0 saturated carbocycles. The van der Waals surface area contributed by atoms with Gasteiger partial charge in [0.15, 0.2) is 0 Å². The normalized spacial score (nSPS) is 21.2. The second-order valence-corrected chi connectivity index (χ2v) is 5.33. The van der Waals surface area contributed by atoms with Crippen LogP contribution in [0.25, 0.3) is 0 Å². The lowest BCUT2D eigenvalue weighted by atomic mass is 10.1. The van der Waals surface area contributed by atoms with Gasteiger partial charge in [-0.05, 0) is 17.5 Å². The van der Waals surface area contributed by atoms with Crippen LogP contribution in [-0.4, -0.2) is 21.1 Å². The first-order valence-electron chi connectivity index (χ1n) is 6.16. The third kappa shape index (κ3) is 2.24. The van der Waals surface area contributed by atoms with Gasteiger partial charge < -0.3 is 5.32 Å². The number of nitrogens with zero attached hydrogens (tertiary/aromatic N) is 2. The van der Waals surface area contributed by atoms with E-state index in [9.17, 15) is 4.79 Å². The van der Waals surface area contributed by atoms with E-state index in [1.54, 1.807) is 24.1 Å². The molecule has 0 radical (unpaired) electrons. The molecule has 0 spiro atoms. The van der Waals surface area contributed by atoms with Crippen molar-refractivity contribution >= 4 is 17.5 Å². The van der Waals surface area contributed by atoms with Gasteiger partial charge in [0.25, 0.3) is 5.91 Å². The van der Waals surface area contributed by atoms with Crippen LogP contribution in [0.4, 0.5) is 0 Å². The molecule has 98 valence electrons. The van der Waals surface area contributed by atoms with Crippen LogP contribution in [0, 0.1) is 0 Å². The van der Waals surface area contributed by atoms with E-state index in [1.807, 2.05) is 18.2 Å². The molecule has 5 heteroatoms. The van der Waals surface area contributed by atoms with Crippen molar-refractivity contribution in [2.24, 2.45) is 7.05 Å². The minimum absolute atomic E-state index is 0.0991. The van der Waals surface area contributed by atoms with Crippen molar-refractivity contribution in [1.82, 2.24) is 15.1 Å². The lowest BCUT2D eigenvalue weighted by Gasteiger charge is -2.16. The maximum absolute atomic E-state index is 12.1. The van der Waals surface area contributed by atoms with E-state index in [1.165, 1.54) is 5.56 Å². The van der Waals surface area contributed by atoms with E-state index >= 15 is 0 Å². The molecule has 1 aromatic heterocycles. The number of fused-ring (bicyclic) bond motifs is 1. The summed E-state index contributed by atoms with van der Waals surface area (Å²) in [6.07, 6.45) is 4.04. The fourth-order valence-electron chi connectivity index (χ4n) is 2.48. The number of amides is 1. The molecule has 2 atom stereocenters. The molecule has 1 heterocycles. The molecule has 4 nitrogen and oxygen atoms in total. The van der Waals surface area contributed by atoms with E-state index in [2.05, 4.69) is 16.5 Å². The Morgan fingerprint density at radius 3 is 3.00 bits per heavy atom. The number of rotatable bonds is 2. The summed E-state index contributed by atoms with van der Waals surface area (Å²) in [6, 6.07) is 7.91. The monoisotopic (exact) mass is 275 g/mol. The Morgan fingerprint density at radius 1 is 1.47 bits per heavy atom. The van der Waals surface area contributed by atoms with Gasteiger partial charge in [0, 0.05) is 13.2 Å². The van der Waals surface area contributed by atoms with Crippen LogP contribution in [0.2, 0.25) is 0 Å². The van der Waals surface area contributed by atoms with E-state index in [0.29, 0.717) is 5.56 Å². The molecule has 1 amide bonds. The third-order valence-electron chi connectivity index (χ3n) is 3.42. The van der Waals surface area contributed by atoms with Crippen molar-refractivity contribution in [3.63, 3.8) is 0 Å². The molecule has 0 fully saturated rings. The van der Waals surface area contributed by atoms with Gasteiger partial charge in [0.2, 0.25) is 0 Å². The number of aromatic nitrogens is 2. The fraction of sp³-hybridized carbons (Fsp3) is 0.286. The first-order chi connectivity index (χ1) is 9.15. The molecule has 1 aromatic carbocycles. The van der Waals surface area contributed by atoms with Gasteiger partial charge in [0.05, 0.1) is 23.2 Å². The Balaban J connectivity index is 1.82. The van der Waals surface area contributed by atoms with E-state index in [4.69, 9.17) is 11.6 Å². The molecule has 1 N–H and O–H groups in total. The molecule has 2 unspecified atom stereocenters. The third-order valence-corrected chi connectivity index (χ3v) is 3.83. The number of hydrogen-bond acceptors (Lipinski definition) is 2. The maximum Gasteiger partial charge on any atom is 0.255 e. The van der Waals surface area contributed by atoms with Crippen molar-refractivity contribution in [3.05, 3.63) is 53.3 Å². The van der Waals surface area contributed by atoms with Gasteiger partial charge >= 0.3 is 0 Å². The number of hydrogen-bond donors (Lipinski definition) is 1. The maximum atomic E-state index is 12.1. The van der Waals surface area contributed by atoms with Crippen molar-refractivity contribution in [2.75, 3.05) is 0 Å². The lowest BCUT2D eigenvalue weighted by Crippen LogP contribution is -2.31. The Kier molecular flexibility index (Phi) is 3.03. The summed E-state index contributed by atoms with van der Waals surface area (Å²) in [6.45, 7) is 0. The van der Waals surface area contributed by atoms with Crippen LogP contribution in [0.3, 0.4) is 0 Å². The second kappa shape index (κ2) is 4.70. The van der Waals surface area contributed by atoms with Crippen molar-refractivity contribution in [2.45, 2.75) is 17.8 Å². The number of aryl methyl sites for hydroxylation is 1. The van der Waals surface area contributed by atoms with E-state index < -0.39 is 0 Å². The highest BCUT2D eigenvalue weighted by molar-refractivity contribution is 6.21. The topological polar surface area (TPSA) is 46.9 Å². The van der Waals surface area contributed by atoms with Gasteiger partial charge in [-0.25, -0.2) is 0 Å². The lowest BCUT2D eigenvalue weighted by molar-refractivity contribution is 0.0937. The largest absolute Gasteiger partial charge is 0.344 e. The zero-order valence-corrected chi connectivity index (χ0v) is 11.3. The number of carbonyl (C=O) groups is 1. The average Bonchev–Trinajstić information content (AvgIpc) is 2.95. The minimum atomic E-state index is -0.138. The second-order valence-electron chi connectivity index (χ2n) is 4.77. The number of benzene rings is 1. The Bertz CT molecular complexity index is 623. The summed E-state index contributed by atoms with van der Waals surface area (Å²) < 4.78 is 1.61. The highest BCUT2D eigenvalue weighted by Gasteiger charge is 2.32. The predicted molar refractivity (Wildman–Crippen MR) is 73.2 cm³/mol. The van der Waals surface area contributed by atoms with Crippen LogP contribution >= 0.6 is 11.6 Å². The van der Waals surface area contributed by atoms with Crippen LogP contribution < -0.4 is 5.32 Å². The molecule has 2 aromatic rings. The standard InChI is InChI=1S/C14H14ClN3O/c1-18-8-10(7-16-18)14(19)17-13-11-5-3-2-4-9(11)6-12(13)15/h2-5,7-8,12-13H,6H2,1H3,(H,17,19). The Morgan fingerprint density at radius 2 is 2.26 bits per heavy atom. The molecule has 1 aliphatic rings. The summed E-state index contributed by atoms with van der Waals surface area (Å²) in [5, 5.41) is 6.89. The summed E-state index contributed by atoms with van der Waals surface area (Å²) in [5.41, 5.74) is 2.87. The molecule has 3 rings (SSSR count). The SMILES string of the molecule is Cn1cc(C(=O)NC2c3ccccc3CC2Cl)cn1. The number of carbonyl (C=O) groups excluding carboxylic acids is 1. The Hall–Kier alpha value is -1.81. The zero-order valence-electron chi connectivity index (χ0n) is 10.5. The molecule has 0 aliphatic heterocycles. The summed E-state index contributed by atoms with van der Waals surface area (Å²) in [7, 11) is 1.78. The van der Waals surface area contributed by atoms with Gasteiger partial charge in [-0.2, -0.15) is 5.10 Å². The van der Waals surface area contributed by atoms with Crippen LogP contribution in [0.15, 0.2) is 36.7 Å². The predicted octanol–water partition coefficient (Wildman–Crippen LogP) is 2.05. The Labute approximate surface area is 116 Å². The highest BCUT2D eigenvalue weighted by Crippen LogP contribution is 2.34. The van der Waals surface area contributed by atoms with E-state index in [0.717, 1.165) is 12.0 Å². The van der Waals surface area contributed by atoms with Crippen LogP contribution in [0.1, 0.15) is 27.5 Å². The fourth-order valence-corrected chi connectivity index (χ4v) is 2.84. The molecule has 0 bridgehead atoms. The van der Waals surface area contributed by atoms with Crippen LogP contribution in [0.5, 0.6) is 0 Å². The molecule has 1 aliphatic carbocycles. The quantitative estimate of drug-likeness (QED) is 0.853. The smallest absolute Gasteiger partial charge is 0.255 e. The van der Waals surface area contributed by atoms with Gasteiger partial charge in [-0.3, -0.25) is 9.48 Å². The van der Waals surface area contributed by atoms with Crippen molar-refractivity contribution < 1.29 is 4.79 Å². The van der Waals surface area contributed by atoms with Gasteiger partial charge in [0.1, 0.15) is 0 Å². The summed E-state index contributed by atoms with van der Waals surface area (Å²) in [5.74, 6) is -0.138. The summed E-state index contributed by atoms with van der Waals surface area (Å²) >= 11 is 6.34. The van der Waals surface area contributed by atoms with Crippen molar-refractivity contribution in [1.29, 1.82) is 0 Å².